The number of anilines is 1. The van der Waals surface area contributed by atoms with Crippen molar-refractivity contribution in [1.82, 2.24) is 15.6 Å². The van der Waals surface area contributed by atoms with Crippen molar-refractivity contribution >= 4 is 29.0 Å². The van der Waals surface area contributed by atoms with Gasteiger partial charge in [0.25, 0.3) is 0 Å². The van der Waals surface area contributed by atoms with E-state index >= 15 is 0 Å². The van der Waals surface area contributed by atoms with Gasteiger partial charge in [0, 0.05) is 36.5 Å². The van der Waals surface area contributed by atoms with E-state index in [0.717, 1.165) is 18.1 Å². The number of aliphatic imine (C=N–C) groups is 1. The van der Waals surface area contributed by atoms with Crippen LogP contribution in [-0.2, 0) is 4.79 Å². The number of nitrogens with zero attached hydrogens (tertiary/aromatic N) is 2. The molecule has 3 N–H and O–H groups in total. The third kappa shape index (κ3) is 6.84. The van der Waals surface area contributed by atoms with Crippen LogP contribution < -0.4 is 16.0 Å². The zero-order chi connectivity index (χ0) is 18.8. The number of aryl methyl sites for hydroxylation is 1. The summed E-state index contributed by atoms with van der Waals surface area (Å²) in [5.74, 6) is 1.61. The van der Waals surface area contributed by atoms with Crippen LogP contribution in [0.1, 0.15) is 36.6 Å². The molecule has 0 saturated carbocycles. The lowest BCUT2D eigenvalue weighted by molar-refractivity contribution is -0.116. The third-order valence-corrected chi connectivity index (χ3v) is 4.82. The molecule has 0 aliphatic rings. The van der Waals surface area contributed by atoms with Crippen LogP contribution in [0.3, 0.4) is 0 Å². The molecule has 0 fully saturated rings. The van der Waals surface area contributed by atoms with Crippen LogP contribution in [0.2, 0.25) is 0 Å². The van der Waals surface area contributed by atoms with Crippen LogP contribution in [0.4, 0.5) is 5.82 Å². The predicted octanol–water partition coefficient (Wildman–Crippen LogP) is 3.14. The fraction of sp³-hybridized carbons (Fsp3) is 0.421. The monoisotopic (exact) mass is 373 g/mol. The summed E-state index contributed by atoms with van der Waals surface area (Å²) >= 11 is 1.75. The molecule has 1 amide bonds. The standard InChI is InChI=1S/C19H27N5OS/c1-4-20-19(23-13-15(3)16-6-5-11-26-16)21-10-9-18(25)24-17-8-7-14(2)12-22-17/h5-8,11-12,15H,4,9-10,13H2,1-3H3,(H2,20,21,23)(H,22,24,25). The molecular formula is C19H27N5OS. The van der Waals surface area contributed by atoms with Gasteiger partial charge in [-0.3, -0.25) is 9.79 Å². The smallest absolute Gasteiger partial charge is 0.227 e. The lowest BCUT2D eigenvalue weighted by Crippen LogP contribution is -2.39. The minimum absolute atomic E-state index is 0.0725. The number of carbonyl (C=O) groups excluding carboxylic acids is 1. The number of hydrogen-bond donors (Lipinski definition) is 3. The van der Waals surface area contributed by atoms with Crippen LogP contribution in [-0.4, -0.2) is 36.5 Å². The van der Waals surface area contributed by atoms with E-state index in [9.17, 15) is 4.79 Å². The highest BCUT2D eigenvalue weighted by Gasteiger charge is 2.07. The second-order valence-corrected chi connectivity index (χ2v) is 7.06. The fourth-order valence-electron chi connectivity index (χ4n) is 2.27. The molecule has 1 atom stereocenters. The van der Waals surface area contributed by atoms with Crippen molar-refractivity contribution < 1.29 is 4.79 Å². The van der Waals surface area contributed by atoms with Crippen LogP contribution in [0, 0.1) is 6.92 Å². The number of rotatable bonds is 8. The molecule has 0 aliphatic heterocycles. The highest BCUT2D eigenvalue weighted by atomic mass is 32.1. The zero-order valence-corrected chi connectivity index (χ0v) is 16.4. The Morgan fingerprint density at radius 3 is 2.81 bits per heavy atom. The maximum Gasteiger partial charge on any atom is 0.227 e. The lowest BCUT2D eigenvalue weighted by Gasteiger charge is -2.13. The largest absolute Gasteiger partial charge is 0.357 e. The number of carbonyl (C=O) groups is 1. The third-order valence-electron chi connectivity index (χ3n) is 3.72. The molecule has 0 saturated heterocycles. The lowest BCUT2D eigenvalue weighted by atomic mass is 10.1. The Bertz CT molecular complexity index is 697. The molecule has 6 nitrogen and oxygen atoms in total. The SMILES string of the molecule is CCNC(=NCC(C)c1cccs1)NCCC(=O)Nc1ccc(C)cn1. The second kappa shape index (κ2) is 10.6. The summed E-state index contributed by atoms with van der Waals surface area (Å²) < 4.78 is 0. The number of aromatic nitrogens is 1. The van der Waals surface area contributed by atoms with Gasteiger partial charge in [0.1, 0.15) is 5.82 Å². The summed E-state index contributed by atoms with van der Waals surface area (Å²) in [7, 11) is 0. The van der Waals surface area contributed by atoms with Crippen LogP contribution in [0.5, 0.6) is 0 Å². The molecule has 2 aromatic heterocycles. The summed E-state index contributed by atoms with van der Waals surface area (Å²) in [4.78, 5) is 22.1. The van der Waals surface area contributed by atoms with E-state index in [2.05, 4.69) is 50.4 Å². The second-order valence-electron chi connectivity index (χ2n) is 6.08. The van der Waals surface area contributed by atoms with Gasteiger partial charge >= 0.3 is 0 Å². The van der Waals surface area contributed by atoms with Gasteiger partial charge in [-0.05, 0) is 36.9 Å². The Balaban J connectivity index is 1.77. The van der Waals surface area contributed by atoms with Crippen LogP contribution in [0.25, 0.3) is 0 Å². The molecular weight excluding hydrogens is 346 g/mol. The van der Waals surface area contributed by atoms with Crippen molar-refractivity contribution in [2.24, 2.45) is 4.99 Å². The maximum absolute atomic E-state index is 12.0. The Kier molecular flexibility index (Phi) is 8.08. The first-order chi connectivity index (χ1) is 12.6. The topological polar surface area (TPSA) is 78.4 Å². The van der Waals surface area contributed by atoms with Gasteiger partial charge in [0.05, 0.1) is 6.54 Å². The van der Waals surface area contributed by atoms with Gasteiger partial charge in [-0.1, -0.05) is 19.1 Å². The minimum Gasteiger partial charge on any atom is -0.357 e. The van der Waals surface area contributed by atoms with Crippen molar-refractivity contribution in [2.75, 3.05) is 25.0 Å². The molecule has 2 aromatic rings. The predicted molar refractivity (Wildman–Crippen MR) is 109 cm³/mol. The van der Waals surface area contributed by atoms with Gasteiger partial charge in [-0.25, -0.2) is 4.98 Å². The molecule has 2 rings (SSSR count). The van der Waals surface area contributed by atoms with Gasteiger partial charge < -0.3 is 16.0 Å². The van der Waals surface area contributed by atoms with Gasteiger partial charge in [0.2, 0.25) is 5.91 Å². The molecule has 140 valence electrons. The molecule has 0 aromatic carbocycles. The normalized spacial score (nSPS) is 12.5. The average Bonchev–Trinajstić information content (AvgIpc) is 3.16. The molecule has 0 radical (unpaired) electrons. The number of guanidine groups is 1. The van der Waals surface area contributed by atoms with Gasteiger partial charge in [-0.2, -0.15) is 0 Å². The molecule has 0 spiro atoms. The number of hydrogen-bond acceptors (Lipinski definition) is 4. The van der Waals surface area contributed by atoms with Crippen molar-refractivity contribution in [3.05, 3.63) is 46.3 Å². The highest BCUT2D eigenvalue weighted by molar-refractivity contribution is 7.10. The number of pyridine rings is 1. The zero-order valence-electron chi connectivity index (χ0n) is 15.6. The quantitative estimate of drug-likeness (QED) is 0.491. The van der Waals surface area contributed by atoms with E-state index in [1.807, 2.05) is 19.9 Å². The molecule has 26 heavy (non-hydrogen) atoms. The minimum atomic E-state index is -0.0725. The van der Waals surface area contributed by atoms with E-state index in [4.69, 9.17) is 0 Å². The van der Waals surface area contributed by atoms with E-state index in [1.165, 1.54) is 4.88 Å². The Morgan fingerprint density at radius 2 is 2.15 bits per heavy atom. The summed E-state index contributed by atoms with van der Waals surface area (Å²) in [5.41, 5.74) is 1.06. The first-order valence-electron chi connectivity index (χ1n) is 8.86. The fourth-order valence-corrected chi connectivity index (χ4v) is 3.05. The average molecular weight is 374 g/mol. The van der Waals surface area contributed by atoms with Crippen molar-refractivity contribution in [1.29, 1.82) is 0 Å². The Labute approximate surface area is 159 Å². The van der Waals surface area contributed by atoms with E-state index < -0.39 is 0 Å². The molecule has 1 unspecified atom stereocenters. The summed E-state index contributed by atoms with van der Waals surface area (Å²) in [5, 5.41) is 11.3. The first kappa shape index (κ1) is 19.9. The summed E-state index contributed by atoms with van der Waals surface area (Å²) in [6.45, 7) is 8.14. The van der Waals surface area contributed by atoms with Crippen molar-refractivity contribution in [3.63, 3.8) is 0 Å². The van der Waals surface area contributed by atoms with E-state index in [-0.39, 0.29) is 5.91 Å². The maximum atomic E-state index is 12.0. The molecule has 0 bridgehead atoms. The van der Waals surface area contributed by atoms with Crippen LogP contribution in [0.15, 0.2) is 40.8 Å². The Hall–Kier alpha value is -2.41. The van der Waals surface area contributed by atoms with Crippen molar-refractivity contribution in [2.45, 2.75) is 33.1 Å². The van der Waals surface area contributed by atoms with Gasteiger partial charge in [0.15, 0.2) is 5.96 Å². The number of nitrogens with one attached hydrogen (secondary N) is 3. The van der Waals surface area contributed by atoms with E-state index in [0.29, 0.717) is 31.2 Å². The van der Waals surface area contributed by atoms with Gasteiger partial charge in [-0.15, -0.1) is 11.3 Å². The molecule has 7 heteroatoms. The van der Waals surface area contributed by atoms with E-state index in [1.54, 1.807) is 23.6 Å². The molecule has 2 heterocycles. The Morgan fingerprint density at radius 1 is 1.31 bits per heavy atom. The number of amides is 1. The first-order valence-corrected chi connectivity index (χ1v) is 9.74. The van der Waals surface area contributed by atoms with Crippen LogP contribution >= 0.6 is 11.3 Å². The summed E-state index contributed by atoms with van der Waals surface area (Å²) in [6.07, 6.45) is 2.08. The highest BCUT2D eigenvalue weighted by Crippen LogP contribution is 2.20. The number of thiophene rings is 1. The molecule has 0 aliphatic carbocycles. The summed E-state index contributed by atoms with van der Waals surface area (Å²) in [6, 6.07) is 7.92. The van der Waals surface area contributed by atoms with Crippen molar-refractivity contribution in [3.8, 4) is 0 Å².